The third kappa shape index (κ3) is 1.21. The Morgan fingerprint density at radius 1 is 1.44 bits per heavy atom. The molecule has 1 aliphatic carbocycles. The summed E-state index contributed by atoms with van der Waals surface area (Å²) in [5.74, 6) is 0. The lowest BCUT2D eigenvalue weighted by atomic mass is 9.97. The van der Waals surface area contributed by atoms with E-state index in [1.54, 1.807) is 0 Å². The van der Waals surface area contributed by atoms with Gasteiger partial charge in [0.25, 0.3) is 0 Å². The number of halogens is 1. The first-order valence-electron chi connectivity index (χ1n) is 5.38. The maximum Gasteiger partial charge on any atom is 0.130 e. The summed E-state index contributed by atoms with van der Waals surface area (Å²) in [7, 11) is 2.03. The van der Waals surface area contributed by atoms with Crippen LogP contribution >= 0.6 is 15.9 Å². The fourth-order valence-electron chi connectivity index (χ4n) is 2.40. The van der Waals surface area contributed by atoms with E-state index in [1.165, 1.54) is 16.5 Å². The third-order valence-electron chi connectivity index (χ3n) is 3.50. The predicted octanol–water partition coefficient (Wildman–Crippen LogP) is 3.17. The van der Waals surface area contributed by atoms with Gasteiger partial charge in [0.2, 0.25) is 0 Å². The van der Waals surface area contributed by atoms with Gasteiger partial charge >= 0.3 is 0 Å². The number of rotatable bonds is 2. The van der Waals surface area contributed by atoms with Crippen molar-refractivity contribution in [2.75, 3.05) is 0 Å². The second kappa shape index (κ2) is 3.20. The number of para-hydroxylation sites is 1. The zero-order valence-electron chi connectivity index (χ0n) is 9.03. The molecule has 2 aromatic rings. The molecule has 0 spiro atoms. The van der Waals surface area contributed by atoms with Crippen molar-refractivity contribution in [3.05, 3.63) is 34.4 Å². The average molecular weight is 278 g/mol. The Labute approximate surface area is 102 Å². The number of aryl methyl sites for hydroxylation is 1. The van der Waals surface area contributed by atoms with Crippen LogP contribution in [0.5, 0.6) is 0 Å². The van der Waals surface area contributed by atoms with Crippen molar-refractivity contribution in [2.45, 2.75) is 18.3 Å². The van der Waals surface area contributed by atoms with Crippen molar-refractivity contribution in [3.8, 4) is 0 Å². The summed E-state index contributed by atoms with van der Waals surface area (Å²) >= 11 is 3.56. The summed E-state index contributed by atoms with van der Waals surface area (Å²) in [5, 5.41) is 1.20. The van der Waals surface area contributed by atoms with Crippen LogP contribution in [-0.4, -0.2) is 10.9 Å². The van der Waals surface area contributed by atoms with Crippen LogP contribution in [0.3, 0.4) is 0 Å². The van der Waals surface area contributed by atoms with Crippen LogP contribution in [0, 0.1) is 0 Å². The van der Waals surface area contributed by atoms with E-state index in [1.807, 2.05) is 19.2 Å². The molecular weight excluding hydrogens is 266 g/mol. The SMILES string of the molecule is Cn1cc(C2(C=O)CC2)c2cccc(Br)c21. The molecule has 1 saturated carbocycles. The molecular formula is C13H12BrNO. The molecule has 2 nitrogen and oxygen atoms in total. The molecule has 16 heavy (non-hydrogen) atoms. The van der Waals surface area contributed by atoms with Crippen molar-refractivity contribution >= 4 is 33.1 Å². The van der Waals surface area contributed by atoms with Gasteiger partial charge in [-0.1, -0.05) is 12.1 Å². The van der Waals surface area contributed by atoms with Crippen molar-refractivity contribution < 1.29 is 4.79 Å². The Morgan fingerprint density at radius 2 is 2.19 bits per heavy atom. The van der Waals surface area contributed by atoms with Crippen molar-refractivity contribution in [1.82, 2.24) is 4.57 Å². The largest absolute Gasteiger partial charge is 0.349 e. The highest BCUT2D eigenvalue weighted by Crippen LogP contribution is 2.49. The van der Waals surface area contributed by atoms with Gasteiger partial charge in [-0.3, -0.25) is 0 Å². The zero-order valence-corrected chi connectivity index (χ0v) is 10.6. The normalized spacial score (nSPS) is 17.6. The highest BCUT2D eigenvalue weighted by atomic mass is 79.9. The van der Waals surface area contributed by atoms with Crippen LogP contribution in [0.4, 0.5) is 0 Å². The number of carbonyl (C=O) groups excluding carboxylic acids is 1. The van der Waals surface area contributed by atoms with Gasteiger partial charge in [-0.25, -0.2) is 0 Å². The first kappa shape index (κ1) is 10.1. The average Bonchev–Trinajstić information content (AvgIpc) is 2.99. The second-order valence-electron chi connectivity index (χ2n) is 4.56. The molecule has 0 radical (unpaired) electrons. The maximum atomic E-state index is 11.2. The van der Waals surface area contributed by atoms with Crippen LogP contribution in [0.25, 0.3) is 10.9 Å². The summed E-state index contributed by atoms with van der Waals surface area (Å²) in [5.41, 5.74) is 2.16. The molecule has 82 valence electrons. The number of hydrogen-bond acceptors (Lipinski definition) is 1. The van der Waals surface area contributed by atoms with Gasteiger partial charge < -0.3 is 9.36 Å². The van der Waals surface area contributed by atoms with Crippen LogP contribution in [0.2, 0.25) is 0 Å². The van der Waals surface area contributed by atoms with Crippen molar-refractivity contribution in [3.63, 3.8) is 0 Å². The zero-order chi connectivity index (χ0) is 11.3. The van der Waals surface area contributed by atoms with E-state index in [-0.39, 0.29) is 5.41 Å². The van der Waals surface area contributed by atoms with Crippen LogP contribution in [-0.2, 0) is 17.3 Å². The van der Waals surface area contributed by atoms with E-state index in [2.05, 4.69) is 32.8 Å². The van der Waals surface area contributed by atoms with E-state index < -0.39 is 0 Å². The highest BCUT2D eigenvalue weighted by Gasteiger charge is 2.46. The van der Waals surface area contributed by atoms with Gasteiger partial charge in [-0.05, 0) is 40.4 Å². The highest BCUT2D eigenvalue weighted by molar-refractivity contribution is 9.10. The minimum atomic E-state index is -0.194. The first-order valence-corrected chi connectivity index (χ1v) is 6.18. The molecule has 1 aromatic heterocycles. The van der Waals surface area contributed by atoms with Gasteiger partial charge in [-0.15, -0.1) is 0 Å². The Hall–Kier alpha value is -1.09. The molecule has 3 rings (SSSR count). The summed E-state index contributed by atoms with van der Waals surface area (Å²) in [4.78, 5) is 11.2. The molecule has 1 heterocycles. The quantitative estimate of drug-likeness (QED) is 0.773. The van der Waals surface area contributed by atoms with Gasteiger partial charge in [-0.2, -0.15) is 0 Å². The minimum Gasteiger partial charge on any atom is -0.349 e. The van der Waals surface area contributed by atoms with Crippen molar-refractivity contribution in [2.24, 2.45) is 7.05 Å². The Balaban J connectivity index is 2.35. The van der Waals surface area contributed by atoms with E-state index in [0.717, 1.165) is 23.6 Å². The van der Waals surface area contributed by atoms with Gasteiger partial charge in [0, 0.05) is 23.1 Å². The Morgan fingerprint density at radius 3 is 2.81 bits per heavy atom. The molecule has 0 atom stereocenters. The standard InChI is InChI=1S/C13H12BrNO/c1-15-7-10(13(8-16)5-6-13)9-3-2-4-11(14)12(9)15/h2-4,7-8H,5-6H2,1H3. The molecule has 0 N–H and O–H groups in total. The molecule has 0 saturated heterocycles. The van der Waals surface area contributed by atoms with Crippen LogP contribution < -0.4 is 0 Å². The summed E-state index contributed by atoms with van der Waals surface area (Å²) in [6.07, 6.45) is 5.18. The number of aromatic nitrogens is 1. The number of nitrogens with zero attached hydrogens (tertiary/aromatic N) is 1. The molecule has 1 aromatic carbocycles. The van der Waals surface area contributed by atoms with Gasteiger partial charge in [0.15, 0.2) is 0 Å². The van der Waals surface area contributed by atoms with E-state index in [4.69, 9.17) is 0 Å². The lowest BCUT2D eigenvalue weighted by molar-refractivity contribution is -0.109. The smallest absolute Gasteiger partial charge is 0.130 e. The first-order chi connectivity index (χ1) is 7.68. The number of fused-ring (bicyclic) bond motifs is 1. The predicted molar refractivity (Wildman–Crippen MR) is 67.6 cm³/mol. The Bertz CT molecular complexity index is 581. The van der Waals surface area contributed by atoms with Gasteiger partial charge in [0.05, 0.1) is 10.9 Å². The maximum absolute atomic E-state index is 11.2. The Kier molecular flexibility index (Phi) is 2.02. The number of carbonyl (C=O) groups is 1. The monoisotopic (exact) mass is 277 g/mol. The molecule has 3 heteroatoms. The fraction of sp³-hybridized carbons (Fsp3) is 0.308. The lowest BCUT2D eigenvalue weighted by Crippen LogP contribution is -2.06. The van der Waals surface area contributed by atoms with E-state index >= 15 is 0 Å². The molecule has 0 bridgehead atoms. The summed E-state index contributed by atoms with van der Waals surface area (Å²) in [6, 6.07) is 6.16. The second-order valence-corrected chi connectivity index (χ2v) is 5.42. The molecule has 0 unspecified atom stereocenters. The number of aldehydes is 1. The fourth-order valence-corrected chi connectivity index (χ4v) is 3.05. The lowest BCUT2D eigenvalue weighted by Gasteiger charge is -2.04. The van der Waals surface area contributed by atoms with Gasteiger partial charge in [0.1, 0.15) is 6.29 Å². The molecule has 0 amide bonds. The topological polar surface area (TPSA) is 22.0 Å². The van der Waals surface area contributed by atoms with Crippen LogP contribution in [0.1, 0.15) is 18.4 Å². The molecule has 1 aliphatic rings. The minimum absolute atomic E-state index is 0.194. The van der Waals surface area contributed by atoms with Crippen molar-refractivity contribution in [1.29, 1.82) is 0 Å². The number of benzene rings is 1. The van der Waals surface area contributed by atoms with E-state index in [9.17, 15) is 4.79 Å². The number of hydrogen-bond donors (Lipinski definition) is 0. The van der Waals surface area contributed by atoms with Crippen LogP contribution in [0.15, 0.2) is 28.9 Å². The summed E-state index contributed by atoms with van der Waals surface area (Å²) in [6.45, 7) is 0. The molecule has 0 aliphatic heterocycles. The third-order valence-corrected chi connectivity index (χ3v) is 4.14. The molecule has 1 fully saturated rings. The van der Waals surface area contributed by atoms with E-state index in [0.29, 0.717) is 0 Å². The summed E-state index contributed by atoms with van der Waals surface area (Å²) < 4.78 is 3.18.